The van der Waals surface area contributed by atoms with Crippen molar-refractivity contribution in [2.45, 2.75) is 25.3 Å². The molecule has 0 heterocycles. The molecule has 2 rings (SSSR count). The first-order valence-corrected chi connectivity index (χ1v) is 8.10. The Hall–Kier alpha value is -3.03. The number of carboxylic acid groups (broad SMARTS) is 1. The van der Waals surface area contributed by atoms with Crippen LogP contribution in [0.4, 0.5) is 13.2 Å². The first kappa shape index (κ1) is 20.3. The minimum absolute atomic E-state index is 0.0176. The molecule has 1 amide bonds. The second kappa shape index (κ2) is 8.57. The zero-order valence-corrected chi connectivity index (χ0v) is 14.5. The van der Waals surface area contributed by atoms with Crippen LogP contribution in [0.25, 0.3) is 0 Å². The number of rotatable bonds is 8. The number of amides is 1. The standard InChI is InChI=1S/C19H18F3NO4/c1-19(18(25)26,12-4-6-13(20)7-5-12)23-17(24)3-2-10-27-16-9-8-14(21)11-15(16)22/h4-9,11H,2-3,10H2,1H3,(H,23,24)(H,25,26). The minimum atomic E-state index is -1.73. The molecular formula is C19H18F3NO4. The van der Waals surface area contributed by atoms with Gasteiger partial charge in [-0.15, -0.1) is 0 Å². The summed E-state index contributed by atoms with van der Waals surface area (Å²) in [6, 6.07) is 7.64. The van der Waals surface area contributed by atoms with Crippen molar-refractivity contribution in [1.29, 1.82) is 0 Å². The molecule has 0 spiro atoms. The lowest BCUT2D eigenvalue weighted by atomic mass is 9.91. The number of carbonyl (C=O) groups is 2. The van der Waals surface area contributed by atoms with E-state index >= 15 is 0 Å². The molecule has 8 heteroatoms. The van der Waals surface area contributed by atoms with Crippen molar-refractivity contribution < 1.29 is 32.6 Å². The SMILES string of the molecule is CC(NC(=O)CCCOc1ccc(F)cc1F)(C(=O)O)c1ccc(F)cc1. The molecule has 5 nitrogen and oxygen atoms in total. The van der Waals surface area contributed by atoms with Crippen LogP contribution in [0.3, 0.4) is 0 Å². The maximum atomic E-state index is 13.4. The van der Waals surface area contributed by atoms with Crippen LogP contribution in [0.15, 0.2) is 42.5 Å². The van der Waals surface area contributed by atoms with Crippen molar-refractivity contribution in [3.63, 3.8) is 0 Å². The van der Waals surface area contributed by atoms with Gasteiger partial charge in [-0.3, -0.25) is 4.79 Å². The summed E-state index contributed by atoms with van der Waals surface area (Å²) in [6.07, 6.45) is 0.106. The average molecular weight is 381 g/mol. The minimum Gasteiger partial charge on any atom is -0.491 e. The Morgan fingerprint density at radius 3 is 2.30 bits per heavy atom. The quantitative estimate of drug-likeness (QED) is 0.688. The number of halogens is 3. The summed E-state index contributed by atoms with van der Waals surface area (Å²) in [6.45, 7) is 1.28. The number of nitrogens with one attached hydrogen (secondary N) is 1. The monoisotopic (exact) mass is 381 g/mol. The second-order valence-corrected chi connectivity index (χ2v) is 6.01. The number of ether oxygens (including phenoxy) is 1. The molecule has 0 bridgehead atoms. The highest BCUT2D eigenvalue weighted by Crippen LogP contribution is 2.22. The molecule has 0 aromatic heterocycles. The maximum absolute atomic E-state index is 13.4. The Morgan fingerprint density at radius 2 is 1.70 bits per heavy atom. The topological polar surface area (TPSA) is 75.6 Å². The summed E-state index contributed by atoms with van der Waals surface area (Å²) in [7, 11) is 0. The zero-order chi connectivity index (χ0) is 20.0. The normalized spacial score (nSPS) is 12.9. The second-order valence-electron chi connectivity index (χ2n) is 6.01. The van der Waals surface area contributed by atoms with Crippen LogP contribution in [0.1, 0.15) is 25.3 Å². The third kappa shape index (κ3) is 5.22. The van der Waals surface area contributed by atoms with E-state index < -0.39 is 34.9 Å². The Bertz CT molecular complexity index is 826. The van der Waals surface area contributed by atoms with E-state index in [1.165, 1.54) is 19.1 Å². The van der Waals surface area contributed by atoms with Gasteiger partial charge >= 0.3 is 5.97 Å². The molecule has 2 aromatic carbocycles. The molecule has 0 fully saturated rings. The summed E-state index contributed by atoms with van der Waals surface area (Å²) in [5.74, 6) is -4.11. The van der Waals surface area contributed by atoms with E-state index in [0.717, 1.165) is 24.3 Å². The lowest BCUT2D eigenvalue weighted by molar-refractivity contribution is -0.147. The fourth-order valence-electron chi connectivity index (χ4n) is 2.38. The summed E-state index contributed by atoms with van der Waals surface area (Å²) in [5, 5.41) is 11.9. The highest BCUT2D eigenvalue weighted by Gasteiger charge is 2.36. The van der Waals surface area contributed by atoms with E-state index in [4.69, 9.17) is 4.74 Å². The van der Waals surface area contributed by atoms with E-state index in [2.05, 4.69) is 5.32 Å². The van der Waals surface area contributed by atoms with Crippen molar-refractivity contribution in [3.05, 3.63) is 65.5 Å². The van der Waals surface area contributed by atoms with E-state index in [1.54, 1.807) is 0 Å². The molecule has 27 heavy (non-hydrogen) atoms. The van der Waals surface area contributed by atoms with Crippen LogP contribution in [0, 0.1) is 17.5 Å². The first-order chi connectivity index (χ1) is 12.7. The number of aliphatic carboxylic acids is 1. The number of carboxylic acids is 1. The van der Waals surface area contributed by atoms with Gasteiger partial charge in [0.25, 0.3) is 0 Å². The van der Waals surface area contributed by atoms with Crippen molar-refractivity contribution >= 4 is 11.9 Å². The fraction of sp³-hybridized carbons (Fsp3) is 0.263. The van der Waals surface area contributed by atoms with Gasteiger partial charge in [0.05, 0.1) is 6.61 Å². The van der Waals surface area contributed by atoms with Gasteiger partial charge in [0, 0.05) is 12.5 Å². The lowest BCUT2D eigenvalue weighted by Gasteiger charge is -2.27. The lowest BCUT2D eigenvalue weighted by Crippen LogP contribution is -2.49. The third-order valence-corrected chi connectivity index (χ3v) is 3.94. The van der Waals surface area contributed by atoms with Crippen molar-refractivity contribution in [2.75, 3.05) is 6.61 Å². The molecule has 144 valence electrons. The first-order valence-electron chi connectivity index (χ1n) is 8.10. The van der Waals surface area contributed by atoms with Gasteiger partial charge in [-0.2, -0.15) is 0 Å². The Kier molecular flexibility index (Phi) is 6.44. The molecule has 2 aromatic rings. The van der Waals surface area contributed by atoms with Crippen LogP contribution in [-0.4, -0.2) is 23.6 Å². The number of benzene rings is 2. The molecule has 0 aliphatic heterocycles. The maximum Gasteiger partial charge on any atom is 0.333 e. The highest BCUT2D eigenvalue weighted by molar-refractivity contribution is 5.87. The molecule has 1 atom stereocenters. The molecule has 0 radical (unpaired) electrons. The Morgan fingerprint density at radius 1 is 1.07 bits per heavy atom. The predicted molar refractivity (Wildman–Crippen MR) is 90.6 cm³/mol. The smallest absolute Gasteiger partial charge is 0.333 e. The zero-order valence-electron chi connectivity index (χ0n) is 14.5. The molecule has 0 saturated carbocycles. The summed E-state index contributed by atoms with van der Waals surface area (Å²) < 4.78 is 44.4. The van der Waals surface area contributed by atoms with Gasteiger partial charge in [0.2, 0.25) is 5.91 Å². The van der Waals surface area contributed by atoms with E-state index in [-0.39, 0.29) is 30.8 Å². The van der Waals surface area contributed by atoms with Gasteiger partial charge in [0.1, 0.15) is 11.6 Å². The molecule has 2 N–H and O–H groups in total. The third-order valence-electron chi connectivity index (χ3n) is 3.94. The summed E-state index contributed by atoms with van der Waals surface area (Å²) >= 11 is 0. The van der Waals surface area contributed by atoms with E-state index in [1.807, 2.05) is 0 Å². The van der Waals surface area contributed by atoms with Crippen molar-refractivity contribution in [2.24, 2.45) is 0 Å². The van der Waals surface area contributed by atoms with Crippen LogP contribution in [0.2, 0.25) is 0 Å². The van der Waals surface area contributed by atoms with Gasteiger partial charge < -0.3 is 15.2 Å². The van der Waals surface area contributed by atoms with Crippen LogP contribution in [0.5, 0.6) is 5.75 Å². The van der Waals surface area contributed by atoms with Gasteiger partial charge in [0.15, 0.2) is 17.1 Å². The van der Waals surface area contributed by atoms with Crippen LogP contribution < -0.4 is 10.1 Å². The molecule has 0 aliphatic rings. The average Bonchev–Trinajstić information content (AvgIpc) is 2.60. The molecule has 0 saturated heterocycles. The summed E-state index contributed by atoms with van der Waals surface area (Å²) in [4.78, 5) is 23.7. The number of hydrogen-bond acceptors (Lipinski definition) is 3. The largest absolute Gasteiger partial charge is 0.491 e. The van der Waals surface area contributed by atoms with Gasteiger partial charge in [-0.25, -0.2) is 18.0 Å². The summed E-state index contributed by atoms with van der Waals surface area (Å²) in [5.41, 5.74) is -1.51. The van der Waals surface area contributed by atoms with Gasteiger partial charge in [-0.1, -0.05) is 12.1 Å². The highest BCUT2D eigenvalue weighted by atomic mass is 19.1. The molecule has 0 aliphatic carbocycles. The number of carbonyl (C=O) groups excluding carboxylic acids is 1. The van der Waals surface area contributed by atoms with E-state index in [0.29, 0.717) is 6.07 Å². The van der Waals surface area contributed by atoms with Gasteiger partial charge in [-0.05, 0) is 43.2 Å². The Balaban J connectivity index is 1.90. The van der Waals surface area contributed by atoms with Crippen LogP contribution in [-0.2, 0) is 15.1 Å². The Labute approximate surface area is 153 Å². The fourth-order valence-corrected chi connectivity index (χ4v) is 2.38. The van der Waals surface area contributed by atoms with E-state index in [9.17, 15) is 27.9 Å². The predicted octanol–water partition coefficient (Wildman–Crippen LogP) is 3.38. The number of hydrogen-bond donors (Lipinski definition) is 2. The van der Waals surface area contributed by atoms with Crippen LogP contribution >= 0.6 is 0 Å². The van der Waals surface area contributed by atoms with Crippen molar-refractivity contribution in [1.82, 2.24) is 5.32 Å². The molecular weight excluding hydrogens is 363 g/mol. The molecule has 1 unspecified atom stereocenters. The van der Waals surface area contributed by atoms with Crippen molar-refractivity contribution in [3.8, 4) is 5.75 Å².